The maximum Gasteiger partial charge on any atom is 0.258 e. The molecule has 1 fully saturated rings. The Balaban J connectivity index is 2.17. The lowest BCUT2D eigenvalue weighted by molar-refractivity contribution is 0.0155. The number of ether oxygens (including phenoxy) is 1. The highest BCUT2D eigenvalue weighted by molar-refractivity contribution is 5.25. The minimum Gasteiger partial charge on any atom is -0.493 e. The van der Waals surface area contributed by atoms with Gasteiger partial charge in [-0.05, 0) is 25.2 Å². The Morgan fingerprint density at radius 3 is 2.83 bits per heavy atom. The zero-order chi connectivity index (χ0) is 13.1. The van der Waals surface area contributed by atoms with Crippen LogP contribution in [0.3, 0.4) is 0 Å². The molecule has 0 saturated carbocycles. The fourth-order valence-electron chi connectivity index (χ4n) is 2.32. The molecule has 1 aliphatic heterocycles. The quantitative estimate of drug-likeness (QED) is 0.858. The molecule has 1 unspecified atom stereocenters. The van der Waals surface area contributed by atoms with Crippen molar-refractivity contribution in [2.45, 2.75) is 51.6 Å². The summed E-state index contributed by atoms with van der Waals surface area (Å²) in [4.78, 5) is 18.7. The van der Waals surface area contributed by atoms with Crippen LogP contribution in [0, 0.1) is 0 Å². The summed E-state index contributed by atoms with van der Waals surface area (Å²) in [6.45, 7) is 4.48. The molecule has 0 radical (unpaired) electrons. The molecule has 0 amide bonds. The second-order valence-electron chi connectivity index (χ2n) is 5.10. The third-order valence-corrected chi connectivity index (χ3v) is 3.26. The number of hydrogen-bond acceptors (Lipinski definition) is 4. The number of hydrogen-bond donors (Lipinski definition) is 2. The Bertz CT molecular complexity index is 462. The highest BCUT2D eigenvalue weighted by Gasteiger charge is 2.18. The van der Waals surface area contributed by atoms with Gasteiger partial charge in [0.25, 0.3) is 5.56 Å². The summed E-state index contributed by atoms with van der Waals surface area (Å²) in [5.74, 6) is 0.314. The van der Waals surface area contributed by atoms with Crippen molar-refractivity contribution in [3.63, 3.8) is 0 Å². The van der Waals surface area contributed by atoms with E-state index in [0.717, 1.165) is 25.9 Å². The topological polar surface area (TPSA) is 75.2 Å². The van der Waals surface area contributed by atoms with Crippen LogP contribution >= 0.6 is 0 Å². The zero-order valence-corrected chi connectivity index (χ0v) is 10.9. The smallest absolute Gasteiger partial charge is 0.258 e. The van der Waals surface area contributed by atoms with Crippen LogP contribution in [0.5, 0.6) is 5.88 Å². The summed E-state index contributed by atoms with van der Waals surface area (Å²) in [7, 11) is 0. The van der Waals surface area contributed by atoms with Crippen LogP contribution in [0.1, 0.15) is 50.4 Å². The SMILES string of the molecule is CC(C)c1c(O)nc(CC2CCCCO2)[nH]c1=O. The summed E-state index contributed by atoms with van der Waals surface area (Å²) in [5, 5.41) is 9.80. The summed E-state index contributed by atoms with van der Waals surface area (Å²) >= 11 is 0. The largest absolute Gasteiger partial charge is 0.493 e. The average molecular weight is 252 g/mol. The molecular weight excluding hydrogens is 232 g/mol. The Hall–Kier alpha value is -1.36. The molecule has 5 heteroatoms. The van der Waals surface area contributed by atoms with E-state index in [0.29, 0.717) is 17.8 Å². The molecule has 0 aromatic carbocycles. The van der Waals surface area contributed by atoms with Crippen LogP contribution in [0.15, 0.2) is 4.79 Å². The minimum atomic E-state index is -0.247. The highest BCUT2D eigenvalue weighted by atomic mass is 16.5. The van der Waals surface area contributed by atoms with Crippen molar-refractivity contribution in [2.24, 2.45) is 0 Å². The molecule has 1 aromatic heterocycles. The Morgan fingerprint density at radius 1 is 1.50 bits per heavy atom. The first-order valence-electron chi connectivity index (χ1n) is 6.51. The van der Waals surface area contributed by atoms with Gasteiger partial charge in [-0.25, -0.2) is 0 Å². The fourth-order valence-corrected chi connectivity index (χ4v) is 2.32. The predicted molar refractivity (Wildman–Crippen MR) is 67.9 cm³/mol. The number of rotatable bonds is 3. The molecule has 2 rings (SSSR count). The Kier molecular flexibility index (Phi) is 4.01. The predicted octanol–water partition coefficient (Wildman–Crippen LogP) is 1.71. The molecule has 1 atom stereocenters. The van der Waals surface area contributed by atoms with E-state index in [2.05, 4.69) is 9.97 Å². The van der Waals surface area contributed by atoms with Gasteiger partial charge in [-0.1, -0.05) is 13.8 Å². The molecule has 0 bridgehead atoms. The third kappa shape index (κ3) is 2.90. The van der Waals surface area contributed by atoms with Crippen LogP contribution in [0.4, 0.5) is 0 Å². The normalized spacial score (nSPS) is 20.3. The van der Waals surface area contributed by atoms with E-state index >= 15 is 0 Å². The zero-order valence-electron chi connectivity index (χ0n) is 10.9. The van der Waals surface area contributed by atoms with Crippen molar-refractivity contribution in [1.82, 2.24) is 9.97 Å². The van der Waals surface area contributed by atoms with E-state index < -0.39 is 0 Å². The highest BCUT2D eigenvalue weighted by Crippen LogP contribution is 2.20. The second-order valence-corrected chi connectivity index (χ2v) is 5.10. The average Bonchev–Trinajstić information content (AvgIpc) is 2.28. The summed E-state index contributed by atoms with van der Waals surface area (Å²) in [5.41, 5.74) is 0.103. The van der Waals surface area contributed by atoms with Crippen molar-refractivity contribution < 1.29 is 9.84 Å². The minimum absolute atomic E-state index is 0.0405. The van der Waals surface area contributed by atoms with Crippen LogP contribution < -0.4 is 5.56 Å². The van der Waals surface area contributed by atoms with Gasteiger partial charge in [0.05, 0.1) is 11.7 Å². The molecule has 2 N–H and O–H groups in total. The second kappa shape index (κ2) is 5.52. The van der Waals surface area contributed by atoms with Crippen LogP contribution in [0.25, 0.3) is 0 Å². The number of aromatic amines is 1. The van der Waals surface area contributed by atoms with Crippen LogP contribution in [0.2, 0.25) is 0 Å². The lowest BCUT2D eigenvalue weighted by atomic mass is 10.0. The molecule has 0 aliphatic carbocycles. The molecule has 2 heterocycles. The summed E-state index contributed by atoms with van der Waals surface area (Å²) in [6.07, 6.45) is 3.88. The van der Waals surface area contributed by atoms with E-state index in [1.54, 1.807) is 0 Å². The molecule has 1 aliphatic rings. The monoisotopic (exact) mass is 252 g/mol. The lowest BCUT2D eigenvalue weighted by Gasteiger charge is -2.22. The van der Waals surface area contributed by atoms with Crippen molar-refractivity contribution in [2.75, 3.05) is 6.61 Å². The number of H-pyrrole nitrogens is 1. The molecule has 100 valence electrons. The van der Waals surface area contributed by atoms with Gasteiger partial charge in [-0.2, -0.15) is 4.98 Å². The van der Waals surface area contributed by atoms with Gasteiger partial charge >= 0.3 is 0 Å². The molecule has 0 spiro atoms. The standard InChI is InChI=1S/C13H20N2O3/c1-8(2)11-12(16)14-10(15-13(11)17)7-9-5-3-4-6-18-9/h8-9H,3-7H2,1-2H3,(H2,14,15,16,17). The molecular formula is C13H20N2O3. The van der Waals surface area contributed by atoms with Crippen molar-refractivity contribution in [3.05, 3.63) is 21.7 Å². The Labute approximate surface area is 106 Å². The van der Waals surface area contributed by atoms with E-state index in [1.807, 2.05) is 13.8 Å². The van der Waals surface area contributed by atoms with Crippen molar-refractivity contribution in [1.29, 1.82) is 0 Å². The van der Waals surface area contributed by atoms with Gasteiger partial charge in [-0.3, -0.25) is 4.79 Å². The molecule has 1 aromatic rings. The number of aromatic hydroxyl groups is 1. The first-order valence-corrected chi connectivity index (χ1v) is 6.51. The number of aromatic nitrogens is 2. The molecule has 18 heavy (non-hydrogen) atoms. The number of nitrogens with one attached hydrogen (secondary N) is 1. The maximum atomic E-state index is 11.8. The maximum absolute atomic E-state index is 11.8. The van der Waals surface area contributed by atoms with Gasteiger partial charge in [-0.15, -0.1) is 0 Å². The van der Waals surface area contributed by atoms with E-state index in [1.165, 1.54) is 0 Å². The fraction of sp³-hybridized carbons (Fsp3) is 0.692. The van der Waals surface area contributed by atoms with Crippen molar-refractivity contribution >= 4 is 0 Å². The summed E-state index contributed by atoms with van der Waals surface area (Å²) in [6, 6.07) is 0. The van der Waals surface area contributed by atoms with Crippen LogP contribution in [-0.2, 0) is 11.2 Å². The van der Waals surface area contributed by atoms with Crippen LogP contribution in [-0.4, -0.2) is 27.8 Å². The van der Waals surface area contributed by atoms with Gasteiger partial charge < -0.3 is 14.8 Å². The molecule has 1 saturated heterocycles. The first-order chi connectivity index (χ1) is 8.58. The van der Waals surface area contributed by atoms with E-state index in [-0.39, 0.29) is 23.5 Å². The summed E-state index contributed by atoms with van der Waals surface area (Å²) < 4.78 is 5.60. The van der Waals surface area contributed by atoms with Crippen molar-refractivity contribution in [3.8, 4) is 5.88 Å². The van der Waals surface area contributed by atoms with Gasteiger partial charge in [0.2, 0.25) is 5.88 Å². The van der Waals surface area contributed by atoms with Gasteiger partial charge in [0.15, 0.2) is 0 Å². The third-order valence-electron chi connectivity index (χ3n) is 3.26. The number of nitrogens with zero attached hydrogens (tertiary/aromatic N) is 1. The van der Waals surface area contributed by atoms with E-state index in [4.69, 9.17) is 4.74 Å². The van der Waals surface area contributed by atoms with E-state index in [9.17, 15) is 9.90 Å². The van der Waals surface area contributed by atoms with Gasteiger partial charge in [0, 0.05) is 13.0 Å². The first kappa shape index (κ1) is 13.1. The van der Waals surface area contributed by atoms with Gasteiger partial charge in [0.1, 0.15) is 5.82 Å². The molecule has 5 nitrogen and oxygen atoms in total. The lowest BCUT2D eigenvalue weighted by Crippen LogP contribution is -2.25. The Morgan fingerprint density at radius 2 is 2.28 bits per heavy atom.